The van der Waals surface area contributed by atoms with Crippen LogP contribution in [0.2, 0.25) is 0 Å². The fourth-order valence-corrected chi connectivity index (χ4v) is 4.59. The second kappa shape index (κ2) is 11.9. The summed E-state index contributed by atoms with van der Waals surface area (Å²) in [5, 5.41) is 2.81. The lowest BCUT2D eigenvalue weighted by Gasteiger charge is -2.40. The van der Waals surface area contributed by atoms with Crippen LogP contribution in [-0.4, -0.2) is 45.6 Å². The van der Waals surface area contributed by atoms with Gasteiger partial charge in [0.25, 0.3) is 0 Å². The van der Waals surface area contributed by atoms with Gasteiger partial charge in [0.15, 0.2) is 11.6 Å². The van der Waals surface area contributed by atoms with Crippen LogP contribution in [0.15, 0.2) is 66.9 Å². The van der Waals surface area contributed by atoms with Gasteiger partial charge in [-0.25, -0.2) is 9.37 Å². The second-order valence-electron chi connectivity index (χ2n) is 9.68. The molecule has 5 rings (SSSR count). The van der Waals surface area contributed by atoms with Crippen molar-refractivity contribution in [3.8, 4) is 6.01 Å². The van der Waals surface area contributed by atoms with E-state index in [0.29, 0.717) is 19.6 Å². The van der Waals surface area contributed by atoms with E-state index < -0.39 is 35.9 Å². The number of alkyl halides is 6. The highest BCUT2D eigenvalue weighted by Gasteiger charge is 2.34. The maximum absolute atomic E-state index is 14.3. The molecule has 1 N–H and O–H groups in total. The number of nitrogens with zero attached hydrogens (tertiary/aromatic N) is 6. The topological polar surface area (TPSA) is 79.3 Å². The summed E-state index contributed by atoms with van der Waals surface area (Å²) in [5.74, 6) is -0.269. The first-order valence-corrected chi connectivity index (χ1v) is 13.0. The van der Waals surface area contributed by atoms with Crippen LogP contribution >= 0.6 is 0 Å². The Labute approximate surface area is 241 Å². The van der Waals surface area contributed by atoms with Gasteiger partial charge in [0.1, 0.15) is 6.61 Å². The number of pyridine rings is 1. The zero-order valence-corrected chi connectivity index (χ0v) is 22.5. The molecule has 0 spiro atoms. The number of rotatable bonds is 7. The van der Waals surface area contributed by atoms with E-state index in [0.717, 1.165) is 18.2 Å². The largest absolute Gasteiger partial charge is 0.458 e. The summed E-state index contributed by atoms with van der Waals surface area (Å²) in [7, 11) is 0. The van der Waals surface area contributed by atoms with Crippen molar-refractivity contribution in [2.75, 3.05) is 34.8 Å². The van der Waals surface area contributed by atoms with Crippen LogP contribution in [-0.2, 0) is 19.0 Å². The SMILES string of the molecule is CC1CN(c2ncccc2F)CCN1c1nc(Nc2ccc(C(F)(F)F)cc2)nc(OCc2ccccc2C(F)(F)F)n1. The van der Waals surface area contributed by atoms with E-state index in [-0.39, 0.29) is 41.0 Å². The first kappa shape index (κ1) is 29.8. The average Bonchev–Trinajstić information content (AvgIpc) is 2.96. The molecule has 1 saturated heterocycles. The molecule has 2 aromatic carbocycles. The third kappa shape index (κ3) is 7.04. The lowest BCUT2D eigenvalue weighted by Crippen LogP contribution is -2.53. The lowest BCUT2D eigenvalue weighted by molar-refractivity contribution is -0.139. The first-order valence-electron chi connectivity index (χ1n) is 13.0. The lowest BCUT2D eigenvalue weighted by atomic mass is 10.1. The van der Waals surface area contributed by atoms with Gasteiger partial charge >= 0.3 is 18.4 Å². The molecule has 0 bridgehead atoms. The van der Waals surface area contributed by atoms with Gasteiger partial charge in [0.2, 0.25) is 11.9 Å². The Kier molecular flexibility index (Phi) is 8.24. The standard InChI is InChI=1S/C28H24F7N7O/c1-17-15-41(23-22(29)7-4-12-36-23)13-14-42(17)25-38-24(37-20-10-8-19(9-11-20)27(30,31)32)39-26(40-25)43-16-18-5-2-3-6-21(18)28(33,34)35/h2-12,17H,13-16H2,1H3,(H,37,38,39,40). The number of benzene rings is 2. The zero-order chi connectivity index (χ0) is 30.8. The predicted octanol–water partition coefficient (Wildman–Crippen LogP) is 6.48. The summed E-state index contributed by atoms with van der Waals surface area (Å²) < 4.78 is 99.4. The van der Waals surface area contributed by atoms with Crippen LogP contribution in [0.25, 0.3) is 0 Å². The number of ether oxygens (including phenoxy) is 1. The molecular weight excluding hydrogens is 583 g/mol. The highest BCUT2D eigenvalue weighted by Crippen LogP contribution is 2.33. The molecule has 0 amide bonds. The Morgan fingerprint density at radius 2 is 1.63 bits per heavy atom. The van der Waals surface area contributed by atoms with Crippen molar-refractivity contribution in [3.63, 3.8) is 0 Å². The van der Waals surface area contributed by atoms with Gasteiger partial charge in [0, 0.05) is 43.1 Å². The number of hydrogen-bond donors (Lipinski definition) is 1. The molecule has 1 fully saturated rings. The number of aromatic nitrogens is 4. The fourth-order valence-electron chi connectivity index (χ4n) is 4.59. The number of nitrogens with one attached hydrogen (secondary N) is 1. The summed E-state index contributed by atoms with van der Waals surface area (Å²) in [5.41, 5.74) is -1.65. The summed E-state index contributed by atoms with van der Waals surface area (Å²) in [6.45, 7) is 2.34. The second-order valence-corrected chi connectivity index (χ2v) is 9.68. The first-order chi connectivity index (χ1) is 20.4. The third-order valence-corrected chi connectivity index (χ3v) is 6.67. The van der Waals surface area contributed by atoms with Crippen LogP contribution in [0.4, 0.5) is 54.1 Å². The van der Waals surface area contributed by atoms with E-state index in [2.05, 4.69) is 25.3 Å². The maximum Gasteiger partial charge on any atom is 0.416 e. The van der Waals surface area contributed by atoms with E-state index >= 15 is 0 Å². The van der Waals surface area contributed by atoms with E-state index in [1.807, 2.05) is 6.92 Å². The number of piperazine rings is 1. The van der Waals surface area contributed by atoms with E-state index in [9.17, 15) is 30.7 Å². The van der Waals surface area contributed by atoms with Crippen LogP contribution in [0, 0.1) is 5.82 Å². The summed E-state index contributed by atoms with van der Waals surface area (Å²) >= 11 is 0. The Hall–Kier alpha value is -4.69. The molecule has 43 heavy (non-hydrogen) atoms. The quantitative estimate of drug-likeness (QED) is 0.239. The molecule has 3 heterocycles. The number of hydrogen-bond acceptors (Lipinski definition) is 8. The maximum atomic E-state index is 14.3. The third-order valence-electron chi connectivity index (χ3n) is 6.67. The molecule has 1 unspecified atom stereocenters. The Morgan fingerprint density at radius 1 is 0.884 bits per heavy atom. The van der Waals surface area contributed by atoms with Crippen molar-refractivity contribution >= 4 is 23.4 Å². The van der Waals surface area contributed by atoms with Crippen molar-refractivity contribution in [2.24, 2.45) is 0 Å². The molecule has 2 aromatic heterocycles. The molecule has 0 aliphatic carbocycles. The van der Waals surface area contributed by atoms with Gasteiger partial charge in [-0.2, -0.15) is 41.3 Å². The highest BCUT2D eigenvalue weighted by molar-refractivity contribution is 5.56. The minimum Gasteiger partial charge on any atom is -0.458 e. The van der Waals surface area contributed by atoms with Crippen molar-refractivity contribution in [2.45, 2.75) is 31.9 Å². The average molecular weight is 608 g/mol. The fraction of sp³-hybridized carbons (Fsp3) is 0.286. The predicted molar refractivity (Wildman–Crippen MR) is 144 cm³/mol. The summed E-state index contributed by atoms with van der Waals surface area (Å²) in [6.07, 6.45) is -7.65. The molecule has 0 radical (unpaired) electrons. The van der Waals surface area contributed by atoms with E-state index in [1.165, 1.54) is 48.7 Å². The Morgan fingerprint density at radius 3 is 2.30 bits per heavy atom. The minimum absolute atomic E-state index is 0.103. The zero-order valence-electron chi connectivity index (χ0n) is 22.5. The van der Waals surface area contributed by atoms with Gasteiger partial charge in [-0.1, -0.05) is 18.2 Å². The van der Waals surface area contributed by atoms with E-state index in [1.54, 1.807) is 9.80 Å². The van der Waals surface area contributed by atoms with Crippen LogP contribution in [0.1, 0.15) is 23.6 Å². The van der Waals surface area contributed by atoms with Crippen molar-refractivity contribution in [1.82, 2.24) is 19.9 Å². The van der Waals surface area contributed by atoms with Gasteiger partial charge in [-0.15, -0.1) is 0 Å². The van der Waals surface area contributed by atoms with E-state index in [4.69, 9.17) is 4.74 Å². The number of anilines is 4. The van der Waals surface area contributed by atoms with Gasteiger partial charge in [-0.05, 0) is 49.4 Å². The van der Waals surface area contributed by atoms with Gasteiger partial charge in [0.05, 0.1) is 11.1 Å². The molecule has 1 aliphatic heterocycles. The molecule has 15 heteroatoms. The van der Waals surface area contributed by atoms with Crippen molar-refractivity contribution in [1.29, 1.82) is 0 Å². The molecule has 1 atom stereocenters. The molecule has 1 aliphatic rings. The molecule has 226 valence electrons. The van der Waals surface area contributed by atoms with Crippen molar-refractivity contribution < 1.29 is 35.5 Å². The number of halogens is 7. The van der Waals surface area contributed by atoms with Crippen LogP contribution < -0.4 is 19.9 Å². The normalized spacial score (nSPS) is 15.9. The molecular formula is C28H24F7N7O. The molecule has 8 nitrogen and oxygen atoms in total. The van der Waals surface area contributed by atoms with Crippen LogP contribution in [0.3, 0.4) is 0 Å². The smallest absolute Gasteiger partial charge is 0.416 e. The van der Waals surface area contributed by atoms with Crippen LogP contribution in [0.5, 0.6) is 6.01 Å². The Bertz CT molecular complexity index is 1560. The molecule has 4 aromatic rings. The highest BCUT2D eigenvalue weighted by atomic mass is 19.4. The Balaban J connectivity index is 1.42. The van der Waals surface area contributed by atoms with Gasteiger partial charge < -0.3 is 19.9 Å². The minimum atomic E-state index is -4.61. The summed E-state index contributed by atoms with van der Waals surface area (Å²) in [4.78, 5) is 20.5. The molecule has 0 saturated carbocycles. The van der Waals surface area contributed by atoms with Gasteiger partial charge in [-0.3, -0.25) is 0 Å². The summed E-state index contributed by atoms with van der Waals surface area (Å²) in [6, 6.07) is 11.3. The van der Waals surface area contributed by atoms with Crippen molar-refractivity contribution in [3.05, 3.63) is 89.4 Å². The monoisotopic (exact) mass is 607 g/mol.